The summed E-state index contributed by atoms with van der Waals surface area (Å²) in [5.74, 6) is 0. The molecule has 0 spiro atoms. The van der Waals surface area contributed by atoms with Crippen LogP contribution >= 0.6 is 22.6 Å². The van der Waals surface area contributed by atoms with Gasteiger partial charge in [0.05, 0.1) is 26.8 Å². The maximum atomic E-state index is 10.8. The minimum absolute atomic E-state index is 0.132. The van der Waals surface area contributed by atoms with E-state index in [2.05, 4.69) is 27.7 Å². The molecular weight excluding hydrogens is 321 g/mol. The van der Waals surface area contributed by atoms with Crippen LogP contribution < -0.4 is 0 Å². The molecule has 0 N–H and O–H groups in total. The highest BCUT2D eigenvalue weighted by Gasteiger charge is 2.12. The molecule has 0 saturated carbocycles. The first-order valence-corrected chi connectivity index (χ1v) is 5.65. The highest BCUT2D eigenvalue weighted by atomic mass is 127. The molecule has 0 amide bonds. The fraction of sp³-hybridized carbons (Fsp3) is 0.100. The van der Waals surface area contributed by atoms with Crippen LogP contribution in [0.5, 0.6) is 0 Å². The average Bonchev–Trinajstić information content (AvgIpc) is 2.64. The maximum Gasteiger partial charge on any atom is 0.274 e. The molecule has 2 rings (SSSR count). The van der Waals surface area contributed by atoms with Crippen molar-refractivity contribution in [1.82, 2.24) is 9.78 Å². The fourth-order valence-corrected chi connectivity index (χ4v) is 1.87. The normalized spacial score (nSPS) is 10.3. The topological polar surface area (TPSA) is 61.0 Å². The predicted octanol–water partition coefficient (Wildman–Crippen LogP) is 2.44. The van der Waals surface area contributed by atoms with Crippen molar-refractivity contribution in [2.45, 2.75) is 6.54 Å². The second-order valence-electron chi connectivity index (χ2n) is 3.24. The van der Waals surface area contributed by atoms with Crippen molar-refractivity contribution in [2.75, 3.05) is 0 Å². The van der Waals surface area contributed by atoms with Crippen LogP contribution in [0.3, 0.4) is 0 Å². The Labute approximate surface area is 105 Å². The van der Waals surface area contributed by atoms with Crippen LogP contribution in [0.25, 0.3) is 0 Å². The van der Waals surface area contributed by atoms with Crippen LogP contribution in [0.1, 0.15) is 5.56 Å². The Morgan fingerprint density at radius 1 is 1.44 bits per heavy atom. The summed E-state index contributed by atoms with van der Waals surface area (Å²) >= 11 is 2.15. The van der Waals surface area contributed by atoms with Gasteiger partial charge in [0, 0.05) is 12.3 Å². The third-order valence-corrected chi connectivity index (χ3v) is 2.68. The minimum atomic E-state index is -0.371. The lowest BCUT2D eigenvalue weighted by molar-refractivity contribution is -0.385. The van der Waals surface area contributed by atoms with E-state index in [0.29, 0.717) is 12.1 Å². The largest absolute Gasteiger partial charge is 0.274 e. The fourth-order valence-electron chi connectivity index (χ4n) is 1.42. The summed E-state index contributed by atoms with van der Waals surface area (Å²) in [6, 6.07) is 6.70. The van der Waals surface area contributed by atoms with Gasteiger partial charge in [-0.05, 0) is 22.6 Å². The Kier molecular flexibility index (Phi) is 3.18. The molecule has 16 heavy (non-hydrogen) atoms. The number of hydrogen-bond donors (Lipinski definition) is 0. The zero-order valence-electron chi connectivity index (χ0n) is 8.21. The van der Waals surface area contributed by atoms with Crippen molar-refractivity contribution < 1.29 is 4.92 Å². The van der Waals surface area contributed by atoms with Crippen molar-refractivity contribution in [3.05, 3.63) is 55.9 Å². The Morgan fingerprint density at radius 2 is 2.19 bits per heavy atom. The Balaban J connectivity index is 2.31. The summed E-state index contributed by atoms with van der Waals surface area (Å²) in [4.78, 5) is 10.4. The van der Waals surface area contributed by atoms with Gasteiger partial charge in [-0.3, -0.25) is 14.8 Å². The van der Waals surface area contributed by atoms with Crippen molar-refractivity contribution in [2.24, 2.45) is 0 Å². The van der Waals surface area contributed by atoms with Crippen molar-refractivity contribution >= 4 is 28.3 Å². The third-order valence-electron chi connectivity index (χ3n) is 2.12. The molecule has 0 saturated heterocycles. The molecule has 0 aliphatic heterocycles. The minimum Gasteiger partial charge on any atom is -0.267 e. The first-order valence-electron chi connectivity index (χ1n) is 4.57. The molecule has 0 aliphatic carbocycles. The standard InChI is InChI=1S/C10H8IN3O2/c11-9-5-12-13(7-9)6-8-3-1-2-4-10(8)14(15)16/h1-5,7H,6H2. The number of halogens is 1. The highest BCUT2D eigenvalue weighted by molar-refractivity contribution is 14.1. The zero-order valence-corrected chi connectivity index (χ0v) is 10.4. The SMILES string of the molecule is O=[N+]([O-])c1ccccc1Cn1cc(I)cn1. The van der Waals surface area contributed by atoms with E-state index in [-0.39, 0.29) is 10.6 Å². The summed E-state index contributed by atoms with van der Waals surface area (Å²) in [7, 11) is 0. The number of nitro benzene ring substituents is 1. The lowest BCUT2D eigenvalue weighted by Gasteiger charge is -2.02. The number of rotatable bonds is 3. The summed E-state index contributed by atoms with van der Waals surface area (Å²) in [5.41, 5.74) is 0.792. The van der Waals surface area contributed by atoms with Gasteiger partial charge in [0.2, 0.25) is 0 Å². The molecule has 0 fully saturated rings. The van der Waals surface area contributed by atoms with Gasteiger partial charge in [-0.2, -0.15) is 5.10 Å². The lowest BCUT2D eigenvalue weighted by atomic mass is 10.2. The maximum absolute atomic E-state index is 10.8. The van der Waals surface area contributed by atoms with Crippen molar-refractivity contribution in [1.29, 1.82) is 0 Å². The monoisotopic (exact) mass is 329 g/mol. The first kappa shape index (κ1) is 11.1. The van der Waals surface area contributed by atoms with E-state index in [0.717, 1.165) is 3.57 Å². The highest BCUT2D eigenvalue weighted by Crippen LogP contribution is 2.18. The van der Waals surface area contributed by atoms with Gasteiger partial charge in [0.1, 0.15) is 0 Å². The Bertz CT molecular complexity index is 524. The smallest absolute Gasteiger partial charge is 0.267 e. The third kappa shape index (κ3) is 2.38. The molecule has 6 heteroatoms. The van der Waals surface area contributed by atoms with Gasteiger partial charge in [-0.1, -0.05) is 18.2 Å². The van der Waals surface area contributed by atoms with Crippen LogP contribution in [0, 0.1) is 13.7 Å². The Morgan fingerprint density at radius 3 is 2.81 bits per heavy atom. The van der Waals surface area contributed by atoms with Crippen LogP contribution in [0.4, 0.5) is 5.69 Å². The second kappa shape index (κ2) is 4.60. The van der Waals surface area contributed by atoms with E-state index in [4.69, 9.17) is 0 Å². The van der Waals surface area contributed by atoms with Crippen LogP contribution in [-0.4, -0.2) is 14.7 Å². The summed E-state index contributed by atoms with van der Waals surface area (Å²) in [6.45, 7) is 0.417. The van der Waals surface area contributed by atoms with Crippen LogP contribution in [0.15, 0.2) is 36.7 Å². The molecule has 0 unspecified atom stereocenters. The number of hydrogen-bond acceptors (Lipinski definition) is 3. The molecule has 82 valence electrons. The van der Waals surface area contributed by atoms with Gasteiger partial charge in [0.25, 0.3) is 5.69 Å². The molecule has 2 aromatic rings. The van der Waals surface area contributed by atoms with E-state index in [9.17, 15) is 10.1 Å². The molecule has 1 aromatic heterocycles. The zero-order chi connectivity index (χ0) is 11.5. The number of nitro groups is 1. The second-order valence-corrected chi connectivity index (χ2v) is 4.49. The number of aromatic nitrogens is 2. The number of benzene rings is 1. The first-order chi connectivity index (χ1) is 7.66. The van der Waals surface area contributed by atoms with Gasteiger partial charge < -0.3 is 0 Å². The molecule has 0 aliphatic rings. The molecule has 5 nitrogen and oxygen atoms in total. The van der Waals surface area contributed by atoms with Crippen LogP contribution in [-0.2, 0) is 6.54 Å². The lowest BCUT2D eigenvalue weighted by Crippen LogP contribution is -2.03. The Hall–Kier alpha value is -1.44. The molecule has 0 atom stereocenters. The van der Waals surface area contributed by atoms with E-state index in [1.165, 1.54) is 6.07 Å². The summed E-state index contributed by atoms with van der Waals surface area (Å²) < 4.78 is 2.69. The molecule has 0 bridgehead atoms. The van der Waals surface area contributed by atoms with Crippen molar-refractivity contribution in [3.63, 3.8) is 0 Å². The molecule has 1 heterocycles. The van der Waals surface area contributed by atoms with Crippen LogP contribution in [0.2, 0.25) is 0 Å². The summed E-state index contributed by atoms with van der Waals surface area (Å²) in [6.07, 6.45) is 3.56. The molecule has 1 aromatic carbocycles. The molecule has 0 radical (unpaired) electrons. The summed E-state index contributed by atoms with van der Waals surface area (Å²) in [5, 5.41) is 14.9. The van der Waals surface area contributed by atoms with Gasteiger partial charge >= 0.3 is 0 Å². The predicted molar refractivity (Wildman–Crippen MR) is 67.1 cm³/mol. The van der Waals surface area contributed by atoms with Gasteiger partial charge in [-0.25, -0.2) is 0 Å². The van der Waals surface area contributed by atoms with E-state index in [1.807, 2.05) is 6.20 Å². The van der Waals surface area contributed by atoms with E-state index < -0.39 is 0 Å². The number of para-hydroxylation sites is 1. The quantitative estimate of drug-likeness (QED) is 0.494. The molecular formula is C10H8IN3O2. The van der Waals surface area contributed by atoms with E-state index in [1.54, 1.807) is 29.1 Å². The average molecular weight is 329 g/mol. The van der Waals surface area contributed by atoms with Crippen molar-refractivity contribution in [3.8, 4) is 0 Å². The van der Waals surface area contributed by atoms with Gasteiger partial charge in [0.15, 0.2) is 0 Å². The van der Waals surface area contributed by atoms with E-state index >= 15 is 0 Å². The van der Waals surface area contributed by atoms with Gasteiger partial charge in [-0.15, -0.1) is 0 Å². The number of nitrogens with zero attached hydrogens (tertiary/aromatic N) is 3.